The van der Waals surface area contributed by atoms with Crippen LogP contribution in [0.2, 0.25) is 0 Å². The second kappa shape index (κ2) is 7.31. The molecule has 1 amide bonds. The van der Waals surface area contributed by atoms with Crippen molar-refractivity contribution >= 4 is 12.2 Å². The van der Waals surface area contributed by atoms with Gasteiger partial charge in [-0.05, 0) is 31.8 Å². The number of hydrogen-bond acceptors (Lipinski definition) is 3. The summed E-state index contributed by atoms with van der Waals surface area (Å²) >= 11 is 0. The average molecular weight is 265 g/mol. The fourth-order valence-corrected chi connectivity index (χ4v) is 2.44. The summed E-state index contributed by atoms with van der Waals surface area (Å²) in [6.07, 6.45) is 8.43. The highest BCUT2D eigenvalue weighted by atomic mass is 16.2. The van der Waals surface area contributed by atoms with Crippen LogP contribution in [-0.4, -0.2) is 29.4 Å². The molecule has 108 valence electrons. The zero-order chi connectivity index (χ0) is 14.3. The number of unbranched alkanes of at least 4 members (excludes halogenated alkanes) is 1. The minimum absolute atomic E-state index is 0.172. The monoisotopic (exact) mass is 265 g/mol. The zero-order valence-corrected chi connectivity index (χ0v) is 12.7. The van der Waals surface area contributed by atoms with Crippen LogP contribution in [-0.2, 0) is 4.79 Å². The predicted octanol–water partition coefficient (Wildman–Crippen LogP) is 3.06. The average Bonchev–Trinajstić information content (AvgIpc) is 2.43. The van der Waals surface area contributed by atoms with Crippen molar-refractivity contribution < 1.29 is 4.79 Å². The normalized spacial score (nSPS) is 21.8. The van der Waals surface area contributed by atoms with Crippen molar-refractivity contribution in [1.29, 1.82) is 0 Å². The smallest absolute Gasteiger partial charge is 0.224 e. The van der Waals surface area contributed by atoms with Crippen LogP contribution in [0.15, 0.2) is 16.8 Å². The summed E-state index contributed by atoms with van der Waals surface area (Å²) in [5.74, 6) is 0.172. The molecule has 0 aromatic carbocycles. The number of hydrogen-bond donors (Lipinski definition) is 1. The van der Waals surface area contributed by atoms with E-state index in [0.29, 0.717) is 6.42 Å². The van der Waals surface area contributed by atoms with E-state index >= 15 is 0 Å². The summed E-state index contributed by atoms with van der Waals surface area (Å²) in [7, 11) is 0. The highest BCUT2D eigenvalue weighted by Gasteiger charge is 2.37. The van der Waals surface area contributed by atoms with Gasteiger partial charge >= 0.3 is 0 Å². The number of aliphatic imine (C=N–C) groups is 1. The first-order valence-electron chi connectivity index (χ1n) is 7.39. The number of carbonyl (C=O) groups is 1. The van der Waals surface area contributed by atoms with Gasteiger partial charge in [-0.15, -0.1) is 0 Å². The molecule has 4 nitrogen and oxygen atoms in total. The Balaban J connectivity index is 2.99. The van der Waals surface area contributed by atoms with E-state index in [-0.39, 0.29) is 5.91 Å². The van der Waals surface area contributed by atoms with Gasteiger partial charge in [-0.2, -0.15) is 0 Å². The lowest BCUT2D eigenvalue weighted by Gasteiger charge is -2.41. The SMILES string of the molecule is CCCCC1=CNC=NC1(C)N(CCC)C(=O)CC. The predicted molar refractivity (Wildman–Crippen MR) is 79.9 cm³/mol. The minimum Gasteiger partial charge on any atom is -0.353 e. The molecule has 0 aromatic heterocycles. The van der Waals surface area contributed by atoms with Crippen LogP contribution in [0.25, 0.3) is 0 Å². The summed E-state index contributed by atoms with van der Waals surface area (Å²) < 4.78 is 0. The van der Waals surface area contributed by atoms with Gasteiger partial charge in [0.15, 0.2) is 5.66 Å². The Bertz CT molecular complexity index is 362. The van der Waals surface area contributed by atoms with Gasteiger partial charge in [0.1, 0.15) is 0 Å². The van der Waals surface area contributed by atoms with Crippen LogP contribution in [0.5, 0.6) is 0 Å². The fraction of sp³-hybridized carbons (Fsp3) is 0.733. The van der Waals surface area contributed by atoms with Gasteiger partial charge in [0, 0.05) is 19.2 Å². The number of nitrogens with one attached hydrogen (secondary N) is 1. The molecule has 0 bridgehead atoms. The second-order valence-corrected chi connectivity index (χ2v) is 5.12. The molecule has 0 radical (unpaired) electrons. The van der Waals surface area contributed by atoms with Gasteiger partial charge in [-0.1, -0.05) is 27.2 Å². The Morgan fingerprint density at radius 3 is 2.68 bits per heavy atom. The van der Waals surface area contributed by atoms with E-state index in [1.807, 2.05) is 18.0 Å². The van der Waals surface area contributed by atoms with E-state index in [1.165, 1.54) is 5.57 Å². The van der Waals surface area contributed by atoms with Gasteiger partial charge < -0.3 is 10.2 Å². The molecular formula is C15H27N3O. The maximum atomic E-state index is 12.2. The summed E-state index contributed by atoms with van der Waals surface area (Å²) in [6, 6.07) is 0. The van der Waals surface area contributed by atoms with Crippen LogP contribution in [0.3, 0.4) is 0 Å². The molecule has 0 spiro atoms. The third-order valence-corrected chi connectivity index (χ3v) is 3.63. The molecular weight excluding hydrogens is 238 g/mol. The molecule has 0 fully saturated rings. The van der Waals surface area contributed by atoms with Crippen LogP contribution in [0.4, 0.5) is 0 Å². The Morgan fingerprint density at radius 2 is 2.11 bits per heavy atom. The van der Waals surface area contributed by atoms with Gasteiger partial charge in [-0.25, -0.2) is 4.99 Å². The highest BCUT2D eigenvalue weighted by molar-refractivity contribution is 5.78. The quantitative estimate of drug-likeness (QED) is 0.769. The highest BCUT2D eigenvalue weighted by Crippen LogP contribution is 2.31. The third-order valence-electron chi connectivity index (χ3n) is 3.63. The molecule has 0 saturated carbocycles. The van der Waals surface area contributed by atoms with E-state index in [2.05, 4.69) is 31.1 Å². The number of rotatable bonds is 7. The van der Waals surface area contributed by atoms with Gasteiger partial charge in [0.2, 0.25) is 5.91 Å². The van der Waals surface area contributed by atoms with Crippen molar-refractivity contribution in [3.05, 3.63) is 11.8 Å². The topological polar surface area (TPSA) is 44.7 Å². The summed E-state index contributed by atoms with van der Waals surface area (Å²) in [5.41, 5.74) is 0.691. The minimum atomic E-state index is -0.510. The maximum Gasteiger partial charge on any atom is 0.224 e. The number of carbonyl (C=O) groups excluding carboxylic acids is 1. The first kappa shape index (κ1) is 15.7. The van der Waals surface area contributed by atoms with Crippen molar-refractivity contribution in [3.8, 4) is 0 Å². The molecule has 0 aliphatic carbocycles. The van der Waals surface area contributed by atoms with Crippen LogP contribution >= 0.6 is 0 Å². The number of amides is 1. The maximum absolute atomic E-state index is 12.2. The lowest BCUT2D eigenvalue weighted by atomic mass is 9.94. The molecule has 1 N–H and O–H groups in total. The van der Waals surface area contributed by atoms with Crippen molar-refractivity contribution in [2.75, 3.05) is 6.54 Å². The van der Waals surface area contributed by atoms with Crippen molar-refractivity contribution in [2.24, 2.45) is 4.99 Å². The molecule has 0 saturated heterocycles. The first-order chi connectivity index (χ1) is 9.10. The van der Waals surface area contributed by atoms with Crippen LogP contribution < -0.4 is 5.32 Å². The number of nitrogens with zero attached hydrogens (tertiary/aromatic N) is 2. The fourth-order valence-electron chi connectivity index (χ4n) is 2.44. The van der Waals surface area contributed by atoms with Crippen molar-refractivity contribution in [2.45, 2.75) is 65.5 Å². The molecule has 0 aromatic rings. The molecule has 1 aliphatic heterocycles. The Labute approximate surface area is 117 Å². The zero-order valence-electron chi connectivity index (χ0n) is 12.7. The summed E-state index contributed by atoms with van der Waals surface area (Å²) in [5, 5.41) is 3.06. The Hall–Kier alpha value is -1.32. The first-order valence-corrected chi connectivity index (χ1v) is 7.39. The summed E-state index contributed by atoms with van der Waals surface area (Å²) in [4.78, 5) is 18.7. The van der Waals surface area contributed by atoms with E-state index < -0.39 is 5.66 Å². The largest absolute Gasteiger partial charge is 0.353 e. The van der Waals surface area contributed by atoms with E-state index in [4.69, 9.17) is 0 Å². The van der Waals surface area contributed by atoms with Crippen molar-refractivity contribution in [3.63, 3.8) is 0 Å². The second-order valence-electron chi connectivity index (χ2n) is 5.12. The Morgan fingerprint density at radius 1 is 1.37 bits per heavy atom. The molecule has 1 heterocycles. The third kappa shape index (κ3) is 3.58. The van der Waals surface area contributed by atoms with Gasteiger partial charge in [0.05, 0.1) is 6.34 Å². The Kier molecular flexibility index (Phi) is 6.06. The van der Waals surface area contributed by atoms with E-state index in [1.54, 1.807) is 6.34 Å². The standard InChI is InChI=1S/C15H27N3O/c1-5-8-9-13-11-16-12-17-15(13,4)18(10-6-2)14(19)7-3/h11-12H,5-10H2,1-4H3,(H,16,17). The van der Waals surface area contributed by atoms with Crippen molar-refractivity contribution in [1.82, 2.24) is 10.2 Å². The molecule has 4 heteroatoms. The molecule has 1 rings (SSSR count). The summed E-state index contributed by atoms with van der Waals surface area (Å²) in [6.45, 7) is 8.99. The lowest BCUT2D eigenvalue weighted by molar-refractivity contribution is -0.135. The van der Waals surface area contributed by atoms with Crippen LogP contribution in [0.1, 0.15) is 59.8 Å². The molecule has 19 heavy (non-hydrogen) atoms. The van der Waals surface area contributed by atoms with Gasteiger partial charge in [0.25, 0.3) is 0 Å². The molecule has 1 unspecified atom stereocenters. The lowest BCUT2D eigenvalue weighted by Crippen LogP contribution is -2.51. The van der Waals surface area contributed by atoms with Gasteiger partial charge in [-0.3, -0.25) is 4.79 Å². The van der Waals surface area contributed by atoms with Crippen LogP contribution in [0, 0.1) is 0 Å². The van der Waals surface area contributed by atoms with E-state index in [9.17, 15) is 4.79 Å². The molecule has 1 atom stereocenters. The van der Waals surface area contributed by atoms with E-state index in [0.717, 1.165) is 32.2 Å². The molecule has 1 aliphatic rings.